The molecule has 1 atom stereocenters. The fourth-order valence-electron chi connectivity index (χ4n) is 2.40. The van der Waals surface area contributed by atoms with Gasteiger partial charge in [-0.2, -0.15) is 0 Å². The maximum absolute atomic E-state index is 11.7. The van der Waals surface area contributed by atoms with Gasteiger partial charge in [0.25, 0.3) is 0 Å². The van der Waals surface area contributed by atoms with Gasteiger partial charge in [-0.25, -0.2) is 4.79 Å². The summed E-state index contributed by atoms with van der Waals surface area (Å²) in [6.45, 7) is 1.37. The number of ether oxygens (including phenoxy) is 1. The van der Waals surface area contributed by atoms with Crippen molar-refractivity contribution < 1.29 is 9.53 Å². The monoisotopic (exact) mass is 234 g/mol. The van der Waals surface area contributed by atoms with Gasteiger partial charge in [-0.05, 0) is 24.5 Å². The third kappa shape index (κ3) is 2.26. The summed E-state index contributed by atoms with van der Waals surface area (Å²) >= 11 is 0. The topological polar surface area (TPSA) is 55.6 Å². The number of nitrogens with zero attached hydrogens (tertiary/aromatic N) is 1. The van der Waals surface area contributed by atoms with E-state index in [9.17, 15) is 4.79 Å². The molecule has 2 N–H and O–H groups in total. The maximum Gasteiger partial charge on any atom is 0.328 e. The summed E-state index contributed by atoms with van der Waals surface area (Å²) in [6, 6.07) is 7.80. The molecule has 0 aliphatic carbocycles. The van der Waals surface area contributed by atoms with Gasteiger partial charge >= 0.3 is 5.97 Å². The fraction of sp³-hybridized carbons (Fsp3) is 0.462. The molecule has 1 aromatic carbocycles. The molecule has 1 aromatic rings. The maximum atomic E-state index is 11.7. The van der Waals surface area contributed by atoms with Crippen molar-refractivity contribution in [2.24, 2.45) is 5.73 Å². The zero-order chi connectivity index (χ0) is 12.3. The summed E-state index contributed by atoms with van der Waals surface area (Å²) in [5.74, 6) is -0.158. The standard InChI is InChI=1S/C13H18N2O2/c1-17-13(16)12-7-4-8-15(12)11-6-3-2-5-10(11)9-14/h2-3,5-6,12H,4,7-9,14H2,1H3/t12-/m1/s1. The number of hydrogen-bond donors (Lipinski definition) is 1. The molecule has 1 saturated heterocycles. The zero-order valence-corrected chi connectivity index (χ0v) is 10.1. The second-order valence-corrected chi connectivity index (χ2v) is 4.21. The third-order valence-electron chi connectivity index (χ3n) is 3.25. The predicted molar refractivity (Wildman–Crippen MR) is 66.7 cm³/mol. The van der Waals surface area contributed by atoms with E-state index in [-0.39, 0.29) is 12.0 Å². The lowest BCUT2D eigenvalue weighted by atomic mass is 10.1. The van der Waals surface area contributed by atoms with Crippen LogP contribution in [0.5, 0.6) is 0 Å². The van der Waals surface area contributed by atoms with Crippen LogP contribution in [0.25, 0.3) is 0 Å². The number of carbonyl (C=O) groups excluding carboxylic acids is 1. The molecular formula is C13H18N2O2. The molecule has 0 amide bonds. The highest BCUT2D eigenvalue weighted by atomic mass is 16.5. The largest absolute Gasteiger partial charge is 0.467 e. The minimum Gasteiger partial charge on any atom is -0.467 e. The summed E-state index contributed by atoms with van der Waals surface area (Å²) in [7, 11) is 1.44. The van der Waals surface area contributed by atoms with Crippen LogP contribution in [0.4, 0.5) is 5.69 Å². The lowest BCUT2D eigenvalue weighted by Gasteiger charge is -2.26. The molecule has 1 aliphatic heterocycles. The van der Waals surface area contributed by atoms with Gasteiger partial charge in [-0.15, -0.1) is 0 Å². The number of methoxy groups -OCH3 is 1. The van der Waals surface area contributed by atoms with Crippen molar-refractivity contribution in [3.8, 4) is 0 Å². The van der Waals surface area contributed by atoms with E-state index in [0.717, 1.165) is 30.6 Å². The Kier molecular flexibility index (Phi) is 3.64. The van der Waals surface area contributed by atoms with Crippen molar-refractivity contribution in [2.75, 3.05) is 18.6 Å². The van der Waals surface area contributed by atoms with Crippen molar-refractivity contribution in [3.05, 3.63) is 29.8 Å². The number of esters is 1. The van der Waals surface area contributed by atoms with Crippen molar-refractivity contribution >= 4 is 11.7 Å². The molecule has 0 aromatic heterocycles. The Morgan fingerprint density at radius 1 is 1.53 bits per heavy atom. The molecule has 92 valence electrons. The van der Waals surface area contributed by atoms with Gasteiger partial charge in [0.15, 0.2) is 0 Å². The highest BCUT2D eigenvalue weighted by Crippen LogP contribution is 2.28. The summed E-state index contributed by atoms with van der Waals surface area (Å²) in [4.78, 5) is 13.8. The molecule has 1 aliphatic rings. The number of benzene rings is 1. The van der Waals surface area contributed by atoms with E-state index in [1.54, 1.807) is 0 Å². The Hall–Kier alpha value is -1.55. The van der Waals surface area contributed by atoms with Crippen molar-refractivity contribution in [1.82, 2.24) is 0 Å². The Labute approximate surface area is 101 Å². The Morgan fingerprint density at radius 2 is 2.29 bits per heavy atom. The number of nitrogens with two attached hydrogens (primary N) is 1. The first-order chi connectivity index (χ1) is 8.27. The SMILES string of the molecule is COC(=O)[C@H]1CCCN1c1ccccc1CN. The highest BCUT2D eigenvalue weighted by molar-refractivity contribution is 5.81. The zero-order valence-electron chi connectivity index (χ0n) is 10.1. The minimum absolute atomic E-state index is 0.158. The fourth-order valence-corrected chi connectivity index (χ4v) is 2.40. The first-order valence-electron chi connectivity index (χ1n) is 5.90. The number of para-hydroxylation sites is 1. The molecule has 0 radical (unpaired) electrons. The van der Waals surface area contributed by atoms with E-state index < -0.39 is 0 Å². The first kappa shape index (κ1) is 11.9. The molecule has 0 unspecified atom stereocenters. The van der Waals surface area contributed by atoms with Gasteiger partial charge in [0.05, 0.1) is 7.11 Å². The van der Waals surface area contributed by atoms with Crippen LogP contribution in [0.3, 0.4) is 0 Å². The normalized spacial score (nSPS) is 19.4. The van der Waals surface area contributed by atoms with E-state index in [0.29, 0.717) is 6.54 Å². The van der Waals surface area contributed by atoms with Crippen molar-refractivity contribution in [2.45, 2.75) is 25.4 Å². The summed E-state index contributed by atoms with van der Waals surface area (Å²) in [6.07, 6.45) is 1.87. The lowest BCUT2D eigenvalue weighted by Crippen LogP contribution is -2.37. The molecule has 4 heteroatoms. The van der Waals surface area contributed by atoms with E-state index in [1.165, 1.54) is 7.11 Å². The van der Waals surface area contributed by atoms with Gasteiger partial charge < -0.3 is 15.4 Å². The van der Waals surface area contributed by atoms with Gasteiger partial charge in [0.2, 0.25) is 0 Å². The highest BCUT2D eigenvalue weighted by Gasteiger charge is 2.32. The first-order valence-corrected chi connectivity index (χ1v) is 5.90. The summed E-state index contributed by atoms with van der Waals surface area (Å²) in [5, 5.41) is 0. The van der Waals surface area contributed by atoms with Gasteiger partial charge in [-0.1, -0.05) is 18.2 Å². The number of anilines is 1. The Balaban J connectivity index is 2.29. The van der Waals surface area contributed by atoms with Gasteiger partial charge in [0.1, 0.15) is 6.04 Å². The van der Waals surface area contributed by atoms with Crippen LogP contribution in [0.2, 0.25) is 0 Å². The number of hydrogen-bond acceptors (Lipinski definition) is 4. The molecule has 17 heavy (non-hydrogen) atoms. The van der Waals surface area contributed by atoms with E-state index in [2.05, 4.69) is 4.90 Å². The van der Waals surface area contributed by atoms with E-state index >= 15 is 0 Å². The molecule has 0 bridgehead atoms. The van der Waals surface area contributed by atoms with Crippen LogP contribution < -0.4 is 10.6 Å². The van der Waals surface area contributed by atoms with E-state index in [1.807, 2.05) is 24.3 Å². The second-order valence-electron chi connectivity index (χ2n) is 4.21. The molecule has 4 nitrogen and oxygen atoms in total. The van der Waals surface area contributed by atoms with Gasteiger partial charge in [-0.3, -0.25) is 0 Å². The molecule has 0 saturated carbocycles. The molecular weight excluding hydrogens is 216 g/mol. The van der Waals surface area contributed by atoms with Crippen molar-refractivity contribution in [1.29, 1.82) is 0 Å². The lowest BCUT2D eigenvalue weighted by molar-refractivity contribution is -0.141. The van der Waals surface area contributed by atoms with Gasteiger partial charge in [0, 0.05) is 18.8 Å². The third-order valence-corrected chi connectivity index (χ3v) is 3.25. The predicted octanol–water partition coefficient (Wildman–Crippen LogP) is 1.29. The Bertz CT molecular complexity index is 406. The Morgan fingerprint density at radius 3 is 3.00 bits per heavy atom. The van der Waals surface area contributed by atoms with Crippen molar-refractivity contribution in [3.63, 3.8) is 0 Å². The summed E-state index contributed by atoms with van der Waals surface area (Å²) in [5.41, 5.74) is 7.86. The minimum atomic E-state index is -0.160. The summed E-state index contributed by atoms with van der Waals surface area (Å²) < 4.78 is 4.85. The number of carbonyl (C=O) groups is 1. The average Bonchev–Trinajstić information content (AvgIpc) is 2.86. The van der Waals surface area contributed by atoms with Crippen LogP contribution in [0.15, 0.2) is 24.3 Å². The molecule has 2 rings (SSSR count). The molecule has 1 fully saturated rings. The van der Waals surface area contributed by atoms with Crippen LogP contribution >= 0.6 is 0 Å². The molecule has 1 heterocycles. The van der Waals surface area contributed by atoms with Crippen LogP contribution in [-0.4, -0.2) is 25.7 Å². The average molecular weight is 234 g/mol. The second kappa shape index (κ2) is 5.19. The van der Waals surface area contributed by atoms with Crippen LogP contribution in [-0.2, 0) is 16.1 Å². The number of rotatable bonds is 3. The van der Waals surface area contributed by atoms with Crippen LogP contribution in [0.1, 0.15) is 18.4 Å². The van der Waals surface area contributed by atoms with Crippen LogP contribution in [0, 0.1) is 0 Å². The molecule has 0 spiro atoms. The quantitative estimate of drug-likeness (QED) is 0.801. The smallest absolute Gasteiger partial charge is 0.328 e. The van der Waals surface area contributed by atoms with E-state index in [4.69, 9.17) is 10.5 Å².